The van der Waals surface area contributed by atoms with Crippen LogP contribution < -0.4 is 11.1 Å². The monoisotopic (exact) mass is 260 g/mol. The molecule has 1 amide bonds. The molecule has 1 rings (SSSR count). The van der Waals surface area contributed by atoms with E-state index in [1.165, 1.54) is 0 Å². The third kappa shape index (κ3) is 4.77. The Hall–Kier alpha value is -0.870. The lowest BCUT2D eigenvalue weighted by atomic mass is 10.1. The normalized spacial score (nSPS) is 9.31. The molecule has 5 heteroatoms. The highest BCUT2D eigenvalue weighted by atomic mass is 35.5. The van der Waals surface area contributed by atoms with E-state index in [0.717, 1.165) is 12.2 Å². The molecule has 3 nitrogen and oxygen atoms in total. The maximum absolute atomic E-state index is 11.6. The van der Waals surface area contributed by atoms with Crippen molar-refractivity contribution in [3.8, 4) is 0 Å². The van der Waals surface area contributed by atoms with Crippen LogP contribution in [0.3, 0.4) is 0 Å². The molecule has 0 aliphatic heterocycles. The number of nitrogens with two attached hydrogens (primary N) is 1. The van der Waals surface area contributed by atoms with Gasteiger partial charge in [0.25, 0.3) is 5.91 Å². The Bertz CT molecular complexity index is 334. The fraction of sp³-hybridized carbons (Fsp3) is 0.364. The lowest BCUT2D eigenvalue weighted by Crippen LogP contribution is -2.25. The summed E-state index contributed by atoms with van der Waals surface area (Å²) in [5, 5.41) is 2.84. The molecule has 90 valence electrons. The van der Waals surface area contributed by atoms with E-state index in [-0.39, 0.29) is 18.3 Å². The maximum Gasteiger partial charge on any atom is 0.253 e. The van der Waals surface area contributed by atoms with E-state index in [1.54, 1.807) is 23.9 Å². The number of nitrogen functional groups attached to an aromatic ring is 1. The first-order valence-corrected chi connectivity index (χ1v) is 6.26. The van der Waals surface area contributed by atoms with Crippen LogP contribution in [0.4, 0.5) is 5.69 Å². The van der Waals surface area contributed by atoms with Crippen molar-refractivity contribution in [3.05, 3.63) is 29.8 Å². The van der Waals surface area contributed by atoms with Crippen LogP contribution in [0.1, 0.15) is 16.8 Å². The molecule has 0 aromatic heterocycles. The highest BCUT2D eigenvalue weighted by Gasteiger charge is 2.06. The van der Waals surface area contributed by atoms with Gasteiger partial charge in [-0.3, -0.25) is 4.79 Å². The number of hydrogen-bond acceptors (Lipinski definition) is 3. The Morgan fingerprint density at radius 2 is 2.12 bits per heavy atom. The quantitative estimate of drug-likeness (QED) is 0.630. The molecule has 0 aliphatic rings. The summed E-state index contributed by atoms with van der Waals surface area (Å²) in [6, 6.07) is 7.10. The van der Waals surface area contributed by atoms with Crippen LogP contribution in [-0.2, 0) is 0 Å². The average molecular weight is 261 g/mol. The molecule has 0 spiro atoms. The minimum Gasteiger partial charge on any atom is -0.398 e. The number of amides is 1. The van der Waals surface area contributed by atoms with Gasteiger partial charge in [0.2, 0.25) is 0 Å². The predicted molar refractivity (Wildman–Crippen MR) is 73.4 cm³/mol. The Labute approximate surface area is 107 Å². The molecule has 0 fully saturated rings. The van der Waals surface area contributed by atoms with Crippen molar-refractivity contribution in [2.75, 3.05) is 24.3 Å². The Morgan fingerprint density at radius 3 is 2.75 bits per heavy atom. The van der Waals surface area contributed by atoms with Crippen molar-refractivity contribution in [3.63, 3.8) is 0 Å². The number of benzene rings is 1. The fourth-order valence-electron chi connectivity index (χ4n) is 1.22. The second-order valence-corrected chi connectivity index (χ2v) is 4.18. The van der Waals surface area contributed by atoms with Crippen LogP contribution in [-0.4, -0.2) is 24.5 Å². The summed E-state index contributed by atoms with van der Waals surface area (Å²) in [5.41, 5.74) is 6.77. The molecule has 0 bridgehead atoms. The van der Waals surface area contributed by atoms with E-state index >= 15 is 0 Å². The van der Waals surface area contributed by atoms with E-state index in [2.05, 4.69) is 11.6 Å². The summed E-state index contributed by atoms with van der Waals surface area (Å²) in [4.78, 5) is 11.6. The summed E-state index contributed by atoms with van der Waals surface area (Å²) in [6.07, 6.45) is 3.04. The van der Waals surface area contributed by atoms with Gasteiger partial charge < -0.3 is 11.1 Å². The number of rotatable bonds is 5. The summed E-state index contributed by atoms with van der Waals surface area (Å²) in [5.74, 6) is 0.971. The highest BCUT2D eigenvalue weighted by Crippen LogP contribution is 2.09. The molecule has 0 atom stereocenters. The number of nitrogens with one attached hydrogen (secondary N) is 1. The lowest BCUT2D eigenvalue weighted by Gasteiger charge is -2.06. The third-order valence-corrected chi connectivity index (χ3v) is 2.71. The van der Waals surface area contributed by atoms with Gasteiger partial charge in [0.15, 0.2) is 0 Å². The van der Waals surface area contributed by atoms with Crippen LogP contribution in [0.15, 0.2) is 24.3 Å². The lowest BCUT2D eigenvalue weighted by molar-refractivity contribution is 0.0954. The second kappa shape index (κ2) is 8.30. The first kappa shape index (κ1) is 15.1. The van der Waals surface area contributed by atoms with Crippen LogP contribution in [0.2, 0.25) is 0 Å². The van der Waals surface area contributed by atoms with Crippen LogP contribution >= 0.6 is 24.2 Å². The van der Waals surface area contributed by atoms with Gasteiger partial charge in [-0.1, -0.05) is 12.1 Å². The number of halogens is 1. The van der Waals surface area contributed by atoms with Crippen LogP contribution in [0.25, 0.3) is 0 Å². The van der Waals surface area contributed by atoms with Crippen molar-refractivity contribution in [2.45, 2.75) is 6.42 Å². The van der Waals surface area contributed by atoms with Gasteiger partial charge in [-0.15, -0.1) is 12.4 Å². The summed E-state index contributed by atoms with van der Waals surface area (Å²) in [7, 11) is 0. The van der Waals surface area contributed by atoms with Gasteiger partial charge in [-0.25, -0.2) is 0 Å². The molecule has 16 heavy (non-hydrogen) atoms. The summed E-state index contributed by atoms with van der Waals surface area (Å²) >= 11 is 1.78. The van der Waals surface area contributed by atoms with Gasteiger partial charge in [0.1, 0.15) is 0 Å². The first-order valence-electron chi connectivity index (χ1n) is 4.87. The fourth-order valence-corrected chi connectivity index (χ4v) is 1.65. The number of carbonyl (C=O) groups is 1. The smallest absolute Gasteiger partial charge is 0.253 e. The zero-order valence-electron chi connectivity index (χ0n) is 9.23. The van der Waals surface area contributed by atoms with Crippen molar-refractivity contribution < 1.29 is 4.79 Å². The first-order chi connectivity index (χ1) is 7.25. The number of hydrogen-bond donors (Lipinski definition) is 2. The molecule has 0 unspecified atom stereocenters. The van der Waals surface area contributed by atoms with E-state index < -0.39 is 0 Å². The van der Waals surface area contributed by atoms with Gasteiger partial charge in [-0.2, -0.15) is 11.8 Å². The van der Waals surface area contributed by atoms with Crippen molar-refractivity contribution in [1.82, 2.24) is 5.32 Å². The van der Waals surface area contributed by atoms with Crippen molar-refractivity contribution in [2.24, 2.45) is 0 Å². The number of carbonyl (C=O) groups excluding carboxylic acids is 1. The molecule has 1 aromatic rings. The SMILES string of the molecule is CSCCCNC(=O)c1ccccc1N.Cl. The summed E-state index contributed by atoms with van der Waals surface area (Å²) < 4.78 is 0. The highest BCUT2D eigenvalue weighted by molar-refractivity contribution is 7.98. The Morgan fingerprint density at radius 1 is 1.44 bits per heavy atom. The van der Waals surface area contributed by atoms with Gasteiger partial charge in [-0.05, 0) is 30.6 Å². The molecule has 0 heterocycles. The van der Waals surface area contributed by atoms with Gasteiger partial charge >= 0.3 is 0 Å². The second-order valence-electron chi connectivity index (χ2n) is 3.19. The summed E-state index contributed by atoms with van der Waals surface area (Å²) in [6.45, 7) is 0.702. The largest absolute Gasteiger partial charge is 0.398 e. The van der Waals surface area contributed by atoms with E-state index in [4.69, 9.17) is 5.73 Å². The minimum atomic E-state index is -0.0887. The van der Waals surface area contributed by atoms with Gasteiger partial charge in [0, 0.05) is 12.2 Å². The van der Waals surface area contributed by atoms with Crippen molar-refractivity contribution in [1.29, 1.82) is 0 Å². The van der Waals surface area contributed by atoms with E-state index in [1.807, 2.05) is 12.1 Å². The number of anilines is 1. The van der Waals surface area contributed by atoms with Crippen LogP contribution in [0.5, 0.6) is 0 Å². The standard InChI is InChI=1S/C11H16N2OS.ClH/c1-15-8-4-7-13-11(14)9-5-2-3-6-10(9)12;/h2-3,5-6H,4,7-8,12H2,1H3,(H,13,14);1H. The van der Waals surface area contributed by atoms with Crippen LogP contribution in [0, 0.1) is 0 Å². The maximum atomic E-state index is 11.6. The predicted octanol–water partition coefficient (Wildman–Crippen LogP) is 2.17. The van der Waals surface area contributed by atoms with Gasteiger partial charge in [0.05, 0.1) is 5.56 Å². The molecule has 1 aromatic carbocycles. The van der Waals surface area contributed by atoms with Crippen molar-refractivity contribution >= 4 is 35.8 Å². The zero-order valence-corrected chi connectivity index (χ0v) is 10.9. The Kier molecular flexibility index (Phi) is 7.85. The average Bonchev–Trinajstić information content (AvgIpc) is 2.25. The third-order valence-electron chi connectivity index (χ3n) is 2.02. The zero-order chi connectivity index (χ0) is 11.1. The molecule has 0 aliphatic carbocycles. The number of thioether (sulfide) groups is 1. The molecular formula is C11H17ClN2OS. The van der Waals surface area contributed by atoms with E-state index in [0.29, 0.717) is 17.8 Å². The molecule has 0 radical (unpaired) electrons. The topological polar surface area (TPSA) is 55.1 Å². The van der Waals surface area contributed by atoms with E-state index in [9.17, 15) is 4.79 Å². The minimum absolute atomic E-state index is 0. The molecular weight excluding hydrogens is 244 g/mol. The molecule has 0 saturated carbocycles. The number of para-hydroxylation sites is 1. The molecule has 3 N–H and O–H groups in total. The Balaban J connectivity index is 0.00000225. The molecule has 0 saturated heterocycles.